The van der Waals surface area contributed by atoms with Crippen molar-refractivity contribution < 1.29 is 9.84 Å². The van der Waals surface area contributed by atoms with Crippen LogP contribution in [-0.2, 0) is 23.2 Å². The second kappa shape index (κ2) is 6.69. The molecule has 1 aromatic heterocycles. The van der Waals surface area contributed by atoms with Crippen molar-refractivity contribution in [1.29, 1.82) is 0 Å². The Morgan fingerprint density at radius 3 is 2.71 bits per heavy atom. The van der Waals surface area contributed by atoms with E-state index in [0.29, 0.717) is 13.0 Å². The summed E-state index contributed by atoms with van der Waals surface area (Å²) in [6, 6.07) is 7.89. The third-order valence-electron chi connectivity index (χ3n) is 3.33. The number of aromatic nitrogens is 1. The first-order chi connectivity index (χ1) is 9.90. The molecule has 1 unspecified atom stereocenters. The van der Waals surface area contributed by atoms with Gasteiger partial charge >= 0.3 is 0 Å². The highest BCUT2D eigenvalue weighted by Crippen LogP contribution is 2.27. The van der Waals surface area contributed by atoms with E-state index in [1.165, 1.54) is 0 Å². The van der Waals surface area contributed by atoms with Gasteiger partial charge in [-0.3, -0.25) is 0 Å². The molecule has 0 aliphatic heterocycles. The van der Waals surface area contributed by atoms with E-state index < -0.39 is 6.10 Å². The first kappa shape index (κ1) is 16.1. The molecule has 1 atom stereocenters. The first-order valence-electron chi connectivity index (χ1n) is 7.11. The van der Waals surface area contributed by atoms with E-state index in [-0.39, 0.29) is 5.41 Å². The van der Waals surface area contributed by atoms with E-state index in [2.05, 4.69) is 31.1 Å². The van der Waals surface area contributed by atoms with Gasteiger partial charge in [0.05, 0.1) is 23.4 Å². The lowest BCUT2D eigenvalue weighted by molar-refractivity contribution is 0.175. The van der Waals surface area contributed by atoms with Crippen LogP contribution < -0.4 is 0 Å². The summed E-state index contributed by atoms with van der Waals surface area (Å²) in [4.78, 5) is 4.64. The molecule has 1 N–H and O–H groups in total. The molecule has 21 heavy (non-hydrogen) atoms. The van der Waals surface area contributed by atoms with Crippen molar-refractivity contribution in [3.63, 3.8) is 0 Å². The highest BCUT2D eigenvalue weighted by Gasteiger charge is 2.19. The number of aliphatic hydroxyl groups is 1. The van der Waals surface area contributed by atoms with Crippen LogP contribution in [0.4, 0.5) is 0 Å². The average Bonchev–Trinajstić information content (AvgIpc) is 2.88. The highest BCUT2D eigenvalue weighted by molar-refractivity contribution is 7.09. The van der Waals surface area contributed by atoms with Gasteiger partial charge in [-0.05, 0) is 11.1 Å². The van der Waals surface area contributed by atoms with Crippen molar-refractivity contribution in [3.05, 3.63) is 51.5 Å². The molecular formula is C17H23NO2S. The van der Waals surface area contributed by atoms with E-state index in [1.54, 1.807) is 18.4 Å². The standard InChI is InChI=1S/C17H23NO2S/c1-17(2,3)15-11-21-16(18-15)9-14(19)13-7-5-6-12(8-13)10-20-4/h5-8,11,14,19H,9-10H2,1-4H3. The van der Waals surface area contributed by atoms with Crippen LogP contribution in [0, 0.1) is 0 Å². The van der Waals surface area contributed by atoms with Gasteiger partial charge in [-0.2, -0.15) is 0 Å². The molecule has 0 radical (unpaired) electrons. The molecule has 3 nitrogen and oxygen atoms in total. The topological polar surface area (TPSA) is 42.4 Å². The van der Waals surface area contributed by atoms with Crippen LogP contribution >= 0.6 is 11.3 Å². The third kappa shape index (κ3) is 4.37. The molecule has 0 bridgehead atoms. The molecule has 0 aliphatic rings. The molecule has 0 spiro atoms. The summed E-state index contributed by atoms with van der Waals surface area (Å²) in [6.07, 6.45) is 0.0257. The van der Waals surface area contributed by atoms with Gasteiger partial charge in [0, 0.05) is 24.3 Å². The number of ether oxygens (including phenoxy) is 1. The van der Waals surface area contributed by atoms with E-state index >= 15 is 0 Å². The monoisotopic (exact) mass is 305 g/mol. The Bertz CT molecular complexity index is 586. The van der Waals surface area contributed by atoms with Gasteiger partial charge in [0.2, 0.25) is 0 Å². The summed E-state index contributed by atoms with van der Waals surface area (Å²) in [5.74, 6) is 0. The van der Waals surface area contributed by atoms with Crippen LogP contribution in [-0.4, -0.2) is 17.2 Å². The van der Waals surface area contributed by atoms with Gasteiger partial charge in [-0.1, -0.05) is 45.0 Å². The number of hydrogen-bond acceptors (Lipinski definition) is 4. The van der Waals surface area contributed by atoms with Crippen molar-refractivity contribution in [3.8, 4) is 0 Å². The minimum absolute atomic E-state index is 0.0537. The third-order valence-corrected chi connectivity index (χ3v) is 4.21. The Kier molecular flexibility index (Phi) is 5.14. The lowest BCUT2D eigenvalue weighted by Crippen LogP contribution is -2.12. The molecule has 0 aliphatic carbocycles. The maximum atomic E-state index is 10.4. The van der Waals surface area contributed by atoms with Crippen LogP contribution in [0.25, 0.3) is 0 Å². The summed E-state index contributed by atoms with van der Waals surface area (Å²) in [6.45, 7) is 7.01. The lowest BCUT2D eigenvalue weighted by Gasteiger charge is -2.14. The van der Waals surface area contributed by atoms with E-state index in [9.17, 15) is 5.11 Å². The fourth-order valence-corrected chi connectivity index (χ4v) is 3.15. The Hall–Kier alpha value is -1.23. The van der Waals surface area contributed by atoms with Crippen LogP contribution in [0.2, 0.25) is 0 Å². The fraction of sp³-hybridized carbons (Fsp3) is 0.471. The number of benzene rings is 1. The van der Waals surface area contributed by atoms with Gasteiger partial charge in [-0.25, -0.2) is 4.98 Å². The van der Waals surface area contributed by atoms with Gasteiger partial charge in [0.25, 0.3) is 0 Å². The van der Waals surface area contributed by atoms with Crippen LogP contribution in [0.3, 0.4) is 0 Å². The van der Waals surface area contributed by atoms with Crippen molar-refractivity contribution >= 4 is 11.3 Å². The van der Waals surface area contributed by atoms with E-state index in [1.807, 2.05) is 24.3 Å². The van der Waals surface area contributed by atoms with Crippen LogP contribution in [0.15, 0.2) is 29.6 Å². The van der Waals surface area contributed by atoms with Gasteiger partial charge in [0.15, 0.2) is 0 Å². The molecule has 2 aromatic rings. The number of aliphatic hydroxyl groups excluding tert-OH is 1. The van der Waals surface area contributed by atoms with E-state index in [4.69, 9.17) is 4.74 Å². The molecule has 0 saturated heterocycles. The average molecular weight is 305 g/mol. The zero-order valence-corrected chi connectivity index (χ0v) is 13.9. The smallest absolute Gasteiger partial charge is 0.0957 e. The molecule has 1 aromatic carbocycles. The summed E-state index contributed by atoms with van der Waals surface area (Å²) in [7, 11) is 1.67. The normalized spacial score (nSPS) is 13.4. The summed E-state index contributed by atoms with van der Waals surface area (Å²) < 4.78 is 5.13. The number of methoxy groups -OCH3 is 1. The van der Waals surface area contributed by atoms with Crippen molar-refractivity contribution in [1.82, 2.24) is 4.98 Å². The SMILES string of the molecule is COCc1cccc(C(O)Cc2nc(C(C)(C)C)cs2)c1. The second-order valence-corrected chi connectivity index (χ2v) is 7.22. The molecule has 0 saturated carbocycles. The summed E-state index contributed by atoms with van der Waals surface area (Å²) >= 11 is 1.62. The molecule has 2 rings (SSSR count). The zero-order chi connectivity index (χ0) is 15.5. The second-order valence-electron chi connectivity index (χ2n) is 6.27. The fourth-order valence-electron chi connectivity index (χ4n) is 2.09. The Morgan fingerprint density at radius 2 is 2.10 bits per heavy atom. The van der Waals surface area contributed by atoms with Crippen molar-refractivity contribution in [2.45, 2.75) is 45.3 Å². The predicted octanol–water partition coefficient (Wildman–Crippen LogP) is 3.86. The first-order valence-corrected chi connectivity index (χ1v) is 7.99. The maximum Gasteiger partial charge on any atom is 0.0957 e. The molecular weight excluding hydrogens is 282 g/mol. The molecule has 0 fully saturated rings. The molecule has 1 heterocycles. The predicted molar refractivity (Wildman–Crippen MR) is 86.6 cm³/mol. The summed E-state index contributed by atoms with van der Waals surface area (Å²) in [5, 5.41) is 13.5. The van der Waals surface area contributed by atoms with E-state index in [0.717, 1.165) is 21.8 Å². The Morgan fingerprint density at radius 1 is 1.33 bits per heavy atom. The molecule has 0 amide bonds. The summed E-state index contributed by atoms with van der Waals surface area (Å²) in [5.41, 5.74) is 3.13. The molecule has 114 valence electrons. The number of thiazole rings is 1. The minimum Gasteiger partial charge on any atom is -0.388 e. The van der Waals surface area contributed by atoms with Gasteiger partial charge in [-0.15, -0.1) is 11.3 Å². The van der Waals surface area contributed by atoms with Gasteiger partial charge in [0.1, 0.15) is 0 Å². The quantitative estimate of drug-likeness (QED) is 0.912. The Labute approximate surface area is 130 Å². The maximum absolute atomic E-state index is 10.4. The van der Waals surface area contributed by atoms with Crippen LogP contribution in [0.1, 0.15) is 48.7 Å². The largest absolute Gasteiger partial charge is 0.388 e. The minimum atomic E-state index is -0.527. The lowest BCUT2D eigenvalue weighted by atomic mass is 9.93. The number of rotatable bonds is 5. The number of hydrogen-bond donors (Lipinski definition) is 1. The van der Waals surface area contributed by atoms with Crippen LogP contribution in [0.5, 0.6) is 0 Å². The Balaban J connectivity index is 2.09. The van der Waals surface area contributed by atoms with Gasteiger partial charge < -0.3 is 9.84 Å². The highest BCUT2D eigenvalue weighted by atomic mass is 32.1. The number of nitrogens with zero attached hydrogens (tertiary/aromatic N) is 1. The van der Waals surface area contributed by atoms with Crippen molar-refractivity contribution in [2.24, 2.45) is 0 Å². The zero-order valence-electron chi connectivity index (χ0n) is 13.1. The molecule has 4 heteroatoms. The van der Waals surface area contributed by atoms with Crippen molar-refractivity contribution in [2.75, 3.05) is 7.11 Å².